The van der Waals surface area contributed by atoms with Crippen LogP contribution in [0.15, 0.2) is 18.2 Å². The number of nitro benzene ring substituents is 1. The van der Waals surface area contributed by atoms with Crippen LogP contribution in [0, 0.1) is 23.0 Å². The number of carboxylic acids is 1. The summed E-state index contributed by atoms with van der Waals surface area (Å²) >= 11 is 0. The van der Waals surface area contributed by atoms with E-state index < -0.39 is 16.8 Å². The molecule has 114 valence electrons. The molecule has 0 heterocycles. The van der Waals surface area contributed by atoms with Crippen molar-refractivity contribution in [1.29, 1.82) is 0 Å². The maximum atomic E-state index is 12.0. The van der Waals surface area contributed by atoms with E-state index in [0.717, 1.165) is 0 Å². The molecule has 0 bridgehead atoms. The molecule has 0 aliphatic rings. The topological polar surface area (TPSA) is 110 Å². The quantitative estimate of drug-likeness (QED) is 0.591. The zero-order valence-corrected chi connectivity index (χ0v) is 12.0. The van der Waals surface area contributed by atoms with E-state index in [-0.39, 0.29) is 23.6 Å². The molecule has 0 saturated heterocycles. The Kier molecular flexibility index (Phi) is 5.83. The van der Waals surface area contributed by atoms with Gasteiger partial charge in [0.2, 0.25) is 0 Å². The third kappa shape index (κ3) is 5.60. The van der Waals surface area contributed by atoms with Gasteiger partial charge in [0.25, 0.3) is 11.6 Å². The van der Waals surface area contributed by atoms with Crippen molar-refractivity contribution in [3.63, 3.8) is 0 Å². The molecule has 1 unspecified atom stereocenters. The number of non-ortho nitro benzene ring substituents is 1. The summed E-state index contributed by atoms with van der Waals surface area (Å²) in [5, 5.41) is 22.0. The smallest absolute Gasteiger partial charge is 0.303 e. The van der Waals surface area contributed by atoms with Crippen molar-refractivity contribution < 1.29 is 19.6 Å². The Bertz CT molecular complexity index is 556. The second-order valence-electron chi connectivity index (χ2n) is 5.06. The first kappa shape index (κ1) is 16.6. The third-order valence-electron chi connectivity index (χ3n) is 3.00. The molecule has 7 heteroatoms. The van der Waals surface area contributed by atoms with Crippen LogP contribution in [0.2, 0.25) is 0 Å². The lowest BCUT2D eigenvalue weighted by Gasteiger charge is -2.11. The number of amides is 1. The number of carbonyl (C=O) groups is 2. The number of rotatable bonds is 7. The van der Waals surface area contributed by atoms with Gasteiger partial charge in [0.05, 0.1) is 4.92 Å². The lowest BCUT2D eigenvalue weighted by Crippen LogP contribution is -2.28. The van der Waals surface area contributed by atoms with Crippen molar-refractivity contribution in [2.75, 3.05) is 6.54 Å². The fourth-order valence-corrected chi connectivity index (χ4v) is 1.84. The van der Waals surface area contributed by atoms with Crippen molar-refractivity contribution in [2.45, 2.75) is 26.7 Å². The summed E-state index contributed by atoms with van der Waals surface area (Å²) in [6, 6.07) is 4.20. The molecule has 1 atom stereocenters. The Hall–Kier alpha value is -2.44. The average molecular weight is 294 g/mol. The van der Waals surface area contributed by atoms with Crippen LogP contribution in [-0.2, 0) is 4.79 Å². The van der Waals surface area contributed by atoms with Crippen LogP contribution in [0.3, 0.4) is 0 Å². The molecule has 1 aromatic rings. The van der Waals surface area contributed by atoms with Gasteiger partial charge in [-0.2, -0.15) is 0 Å². The molecule has 0 aliphatic carbocycles. The summed E-state index contributed by atoms with van der Waals surface area (Å²) in [7, 11) is 0. The zero-order valence-electron chi connectivity index (χ0n) is 12.0. The van der Waals surface area contributed by atoms with Gasteiger partial charge in [0.15, 0.2) is 0 Å². The number of nitro groups is 1. The number of carboxylic acid groups (broad SMARTS) is 1. The lowest BCUT2D eigenvalue weighted by molar-refractivity contribution is -0.384. The minimum Gasteiger partial charge on any atom is -0.481 e. The normalized spacial score (nSPS) is 11.7. The average Bonchev–Trinajstić information content (AvgIpc) is 2.41. The molecule has 0 fully saturated rings. The number of hydrogen-bond donors (Lipinski definition) is 2. The van der Waals surface area contributed by atoms with Crippen LogP contribution < -0.4 is 5.32 Å². The Labute approximate surface area is 122 Å². The summed E-state index contributed by atoms with van der Waals surface area (Å²) in [4.78, 5) is 32.6. The van der Waals surface area contributed by atoms with E-state index in [4.69, 9.17) is 5.11 Å². The Morgan fingerprint density at radius 2 is 2.05 bits per heavy atom. The highest BCUT2D eigenvalue weighted by Crippen LogP contribution is 2.16. The summed E-state index contributed by atoms with van der Waals surface area (Å²) in [6.45, 7) is 3.84. The van der Waals surface area contributed by atoms with Gasteiger partial charge in [-0.1, -0.05) is 6.92 Å². The number of benzene rings is 1. The highest BCUT2D eigenvalue weighted by atomic mass is 16.6. The van der Waals surface area contributed by atoms with Crippen LogP contribution >= 0.6 is 0 Å². The minimum atomic E-state index is -0.873. The van der Waals surface area contributed by atoms with E-state index in [0.29, 0.717) is 18.5 Å². The van der Waals surface area contributed by atoms with Gasteiger partial charge in [-0.15, -0.1) is 0 Å². The maximum absolute atomic E-state index is 12.0. The van der Waals surface area contributed by atoms with Crippen LogP contribution in [0.25, 0.3) is 0 Å². The first-order valence-corrected chi connectivity index (χ1v) is 6.55. The first-order valence-electron chi connectivity index (χ1n) is 6.55. The Morgan fingerprint density at radius 1 is 1.38 bits per heavy atom. The molecule has 7 nitrogen and oxygen atoms in total. The van der Waals surface area contributed by atoms with Crippen molar-refractivity contribution in [3.8, 4) is 0 Å². The van der Waals surface area contributed by atoms with Crippen molar-refractivity contribution in [2.24, 2.45) is 5.92 Å². The fraction of sp³-hybridized carbons (Fsp3) is 0.429. The third-order valence-corrected chi connectivity index (χ3v) is 3.00. The highest BCUT2D eigenvalue weighted by molar-refractivity contribution is 5.95. The second kappa shape index (κ2) is 7.37. The van der Waals surface area contributed by atoms with E-state index in [1.807, 2.05) is 6.92 Å². The number of aryl methyl sites for hydroxylation is 1. The number of aliphatic carboxylic acids is 1. The van der Waals surface area contributed by atoms with Crippen molar-refractivity contribution in [3.05, 3.63) is 39.4 Å². The summed E-state index contributed by atoms with van der Waals surface area (Å²) in [6.07, 6.45) is 0.510. The first-order chi connectivity index (χ1) is 9.79. The van der Waals surface area contributed by atoms with Gasteiger partial charge in [-0.05, 0) is 30.9 Å². The maximum Gasteiger partial charge on any atom is 0.303 e. The molecular formula is C14H18N2O5. The van der Waals surface area contributed by atoms with Crippen molar-refractivity contribution in [1.82, 2.24) is 5.32 Å². The van der Waals surface area contributed by atoms with Crippen LogP contribution in [0.5, 0.6) is 0 Å². The molecule has 0 aliphatic heterocycles. The molecular weight excluding hydrogens is 276 g/mol. The number of hydrogen-bond acceptors (Lipinski definition) is 4. The standard InChI is InChI=1S/C14H18N2O5/c1-9(3-4-13(17)18)8-15-14(19)11-5-10(2)6-12(7-11)16(20)21/h5-7,9H,3-4,8H2,1-2H3,(H,15,19)(H,17,18). The molecule has 2 N–H and O–H groups in total. The van der Waals surface area contributed by atoms with Crippen LogP contribution in [-0.4, -0.2) is 28.5 Å². The molecule has 1 amide bonds. The monoisotopic (exact) mass is 294 g/mol. The summed E-state index contributed by atoms with van der Waals surface area (Å²) < 4.78 is 0. The fourth-order valence-electron chi connectivity index (χ4n) is 1.84. The van der Waals surface area contributed by atoms with Gasteiger partial charge in [-0.25, -0.2) is 0 Å². The van der Waals surface area contributed by atoms with Gasteiger partial charge in [0.1, 0.15) is 0 Å². The second-order valence-corrected chi connectivity index (χ2v) is 5.06. The molecule has 0 saturated carbocycles. The van der Waals surface area contributed by atoms with Crippen molar-refractivity contribution >= 4 is 17.6 Å². The largest absolute Gasteiger partial charge is 0.481 e. The number of nitrogens with zero attached hydrogens (tertiary/aromatic N) is 1. The zero-order chi connectivity index (χ0) is 16.0. The minimum absolute atomic E-state index is 0.0184. The van der Waals surface area contributed by atoms with Gasteiger partial charge >= 0.3 is 5.97 Å². The van der Waals surface area contributed by atoms with E-state index >= 15 is 0 Å². The van der Waals surface area contributed by atoms with Crippen LogP contribution in [0.4, 0.5) is 5.69 Å². The number of carbonyl (C=O) groups excluding carboxylic acids is 1. The molecule has 0 spiro atoms. The summed E-state index contributed by atoms with van der Waals surface area (Å²) in [5.74, 6) is -1.25. The molecule has 0 radical (unpaired) electrons. The molecule has 1 aromatic carbocycles. The van der Waals surface area contributed by atoms with Crippen LogP contribution in [0.1, 0.15) is 35.7 Å². The van der Waals surface area contributed by atoms with Gasteiger partial charge < -0.3 is 10.4 Å². The van der Waals surface area contributed by atoms with E-state index in [1.165, 1.54) is 12.1 Å². The molecule has 0 aromatic heterocycles. The van der Waals surface area contributed by atoms with Gasteiger partial charge in [-0.3, -0.25) is 19.7 Å². The predicted molar refractivity (Wildman–Crippen MR) is 76.2 cm³/mol. The summed E-state index contributed by atoms with van der Waals surface area (Å²) in [5.41, 5.74) is 0.736. The van der Waals surface area contributed by atoms with E-state index in [2.05, 4.69) is 5.32 Å². The lowest BCUT2D eigenvalue weighted by atomic mass is 10.1. The van der Waals surface area contributed by atoms with E-state index in [1.54, 1.807) is 13.0 Å². The predicted octanol–water partition coefficient (Wildman–Crippen LogP) is 2.13. The Morgan fingerprint density at radius 3 is 2.62 bits per heavy atom. The molecule has 1 rings (SSSR count). The molecule has 21 heavy (non-hydrogen) atoms. The Balaban J connectivity index is 2.63. The SMILES string of the molecule is Cc1cc(C(=O)NCC(C)CCC(=O)O)cc([N+](=O)[O-])c1. The van der Waals surface area contributed by atoms with E-state index in [9.17, 15) is 19.7 Å². The van der Waals surface area contributed by atoms with Gasteiger partial charge in [0, 0.05) is 30.7 Å². The highest BCUT2D eigenvalue weighted by Gasteiger charge is 2.14. The number of nitrogens with one attached hydrogen (secondary N) is 1.